The summed E-state index contributed by atoms with van der Waals surface area (Å²) in [6.45, 7) is 32.4. The number of hydrogen-bond acceptors (Lipinski definition) is 6. The zero-order valence-corrected chi connectivity index (χ0v) is 25.3. The summed E-state index contributed by atoms with van der Waals surface area (Å²) in [6, 6.07) is 1.92. The zero-order valence-electron chi connectivity index (χ0n) is 22.8. The van der Waals surface area contributed by atoms with Crippen molar-refractivity contribution in [3.8, 4) is 0 Å². The first kappa shape index (κ1) is 31.7. The summed E-state index contributed by atoms with van der Waals surface area (Å²) in [5, 5.41) is 0.236. The molecule has 0 aliphatic rings. The summed E-state index contributed by atoms with van der Waals surface area (Å²) >= 11 is 3.48. The number of thioether (sulfide) groups is 1. The molecule has 0 aromatic heterocycles. The lowest BCUT2D eigenvalue weighted by Crippen LogP contribution is -2.43. The molecular weight excluding hydrogens is 443 g/mol. The molecule has 0 aromatic carbocycles. The van der Waals surface area contributed by atoms with E-state index in [1.165, 1.54) is 11.8 Å². The largest absolute Gasteiger partial charge is 0.379 e. The number of carbonyl (C=O) groups excluding carboxylic acids is 1. The predicted molar refractivity (Wildman–Crippen MR) is 145 cm³/mol. The summed E-state index contributed by atoms with van der Waals surface area (Å²) in [6.07, 6.45) is 0. The monoisotopic (exact) mass is 494 g/mol. The first-order valence-electron chi connectivity index (χ1n) is 11.8. The van der Waals surface area contributed by atoms with Crippen LogP contribution >= 0.6 is 30.6 Å². The zero-order chi connectivity index (χ0) is 24.7. The summed E-state index contributed by atoms with van der Waals surface area (Å²) in [7, 11) is -0.557. The molecule has 31 heavy (non-hydrogen) atoms. The van der Waals surface area contributed by atoms with Crippen molar-refractivity contribution in [2.45, 2.75) is 131 Å². The van der Waals surface area contributed by atoms with Crippen molar-refractivity contribution >= 4 is 35.7 Å². The SMILES string of the molecule is CC(C)C(=O)SC(C)(C)COCC(C)(C)SP(N(C(C)C)C(C)C)N(C(C)C)C(C)C. The van der Waals surface area contributed by atoms with Crippen LogP contribution in [0.5, 0.6) is 0 Å². The third kappa shape index (κ3) is 11.6. The van der Waals surface area contributed by atoms with Gasteiger partial charge in [-0.1, -0.05) is 37.0 Å². The van der Waals surface area contributed by atoms with E-state index >= 15 is 0 Å². The smallest absolute Gasteiger partial charge is 0.192 e. The van der Waals surface area contributed by atoms with Crippen LogP contribution in [0, 0.1) is 5.92 Å². The second-order valence-corrected chi connectivity index (χ2v) is 17.0. The van der Waals surface area contributed by atoms with Gasteiger partial charge in [-0.3, -0.25) is 14.1 Å². The number of carbonyl (C=O) groups is 1. The van der Waals surface area contributed by atoms with Crippen molar-refractivity contribution in [2.24, 2.45) is 5.92 Å². The molecule has 0 radical (unpaired) electrons. The molecule has 0 N–H and O–H groups in total. The second-order valence-electron chi connectivity index (χ2n) is 11.1. The fourth-order valence-corrected chi connectivity index (χ4v) is 11.2. The van der Waals surface area contributed by atoms with Crippen molar-refractivity contribution in [3.05, 3.63) is 0 Å². The number of hydrogen-bond donors (Lipinski definition) is 0. The van der Waals surface area contributed by atoms with Gasteiger partial charge >= 0.3 is 0 Å². The minimum Gasteiger partial charge on any atom is -0.379 e. The van der Waals surface area contributed by atoms with E-state index in [0.717, 1.165) is 0 Å². The molecule has 0 heterocycles. The van der Waals surface area contributed by atoms with E-state index in [9.17, 15) is 4.79 Å². The summed E-state index contributed by atoms with van der Waals surface area (Å²) < 4.78 is 11.4. The fraction of sp³-hybridized carbons (Fsp3) is 0.958. The van der Waals surface area contributed by atoms with Crippen LogP contribution in [0.1, 0.15) is 96.9 Å². The van der Waals surface area contributed by atoms with Gasteiger partial charge in [0.1, 0.15) is 7.42 Å². The molecule has 0 rings (SSSR count). The third-order valence-corrected chi connectivity index (χ3v) is 12.4. The Labute approximate surface area is 204 Å². The average Bonchev–Trinajstić information content (AvgIpc) is 2.51. The van der Waals surface area contributed by atoms with Gasteiger partial charge in [0.15, 0.2) is 5.12 Å². The van der Waals surface area contributed by atoms with Gasteiger partial charge < -0.3 is 4.74 Å². The van der Waals surface area contributed by atoms with Gasteiger partial charge in [0, 0.05) is 39.6 Å². The van der Waals surface area contributed by atoms with E-state index in [1.54, 1.807) is 0 Å². The van der Waals surface area contributed by atoms with Gasteiger partial charge in [-0.25, -0.2) is 0 Å². The standard InChI is InChI=1S/C24H51N2O2PS2/c1-17(2)22(27)30-23(11,12)15-28-16-24(13,14)31-29(25(18(3)4)19(5)6)26(20(7)8)21(9)10/h17-21H,15-16H2,1-14H3. The first-order valence-corrected chi connectivity index (χ1v) is 15.3. The second kappa shape index (κ2) is 13.5. The van der Waals surface area contributed by atoms with E-state index in [2.05, 4.69) is 104 Å². The summed E-state index contributed by atoms with van der Waals surface area (Å²) in [5.74, 6) is 0.0518. The Hall–Kier alpha value is 0.680. The Morgan fingerprint density at radius 3 is 1.42 bits per heavy atom. The highest BCUT2D eigenvalue weighted by molar-refractivity contribution is 8.54. The Balaban J connectivity index is 5.42. The molecule has 0 amide bonds. The van der Waals surface area contributed by atoms with Crippen molar-refractivity contribution in [3.63, 3.8) is 0 Å². The van der Waals surface area contributed by atoms with Crippen molar-refractivity contribution in [1.29, 1.82) is 0 Å². The summed E-state index contributed by atoms with van der Waals surface area (Å²) in [4.78, 5) is 12.2. The van der Waals surface area contributed by atoms with Gasteiger partial charge in [0.2, 0.25) is 0 Å². The van der Waals surface area contributed by atoms with Gasteiger partial charge in [-0.2, -0.15) is 0 Å². The Morgan fingerprint density at radius 1 is 0.742 bits per heavy atom. The molecule has 0 aliphatic carbocycles. The normalized spacial score (nSPS) is 14.0. The molecule has 4 nitrogen and oxygen atoms in total. The maximum absolute atomic E-state index is 12.2. The van der Waals surface area contributed by atoms with E-state index < -0.39 is 7.42 Å². The molecule has 0 spiro atoms. The molecule has 0 aliphatic heterocycles. The first-order chi connectivity index (χ1) is 13.9. The van der Waals surface area contributed by atoms with Crippen LogP contribution in [0.2, 0.25) is 0 Å². The van der Waals surface area contributed by atoms with Crippen LogP contribution in [-0.4, -0.2) is 61.3 Å². The Kier molecular flexibility index (Phi) is 13.8. The highest BCUT2D eigenvalue weighted by Gasteiger charge is 2.38. The predicted octanol–water partition coefficient (Wildman–Crippen LogP) is 7.67. The molecule has 0 unspecified atom stereocenters. The van der Waals surface area contributed by atoms with Crippen LogP contribution in [0.3, 0.4) is 0 Å². The van der Waals surface area contributed by atoms with Crippen LogP contribution < -0.4 is 0 Å². The van der Waals surface area contributed by atoms with E-state index in [-0.39, 0.29) is 20.5 Å². The lowest BCUT2D eigenvalue weighted by atomic mass is 10.2. The lowest BCUT2D eigenvalue weighted by molar-refractivity contribution is -0.113. The van der Waals surface area contributed by atoms with E-state index in [4.69, 9.17) is 4.74 Å². The number of ether oxygens (including phenoxy) is 1. The molecule has 0 atom stereocenters. The molecule has 186 valence electrons. The van der Waals surface area contributed by atoms with Gasteiger partial charge in [-0.15, -0.1) is 0 Å². The number of nitrogens with zero attached hydrogens (tertiary/aromatic N) is 2. The van der Waals surface area contributed by atoms with E-state index in [0.29, 0.717) is 37.4 Å². The molecule has 0 saturated heterocycles. The van der Waals surface area contributed by atoms with Gasteiger partial charge in [0.25, 0.3) is 0 Å². The van der Waals surface area contributed by atoms with Crippen molar-refractivity contribution in [1.82, 2.24) is 9.34 Å². The van der Waals surface area contributed by atoms with Crippen molar-refractivity contribution in [2.75, 3.05) is 13.2 Å². The average molecular weight is 495 g/mol. The van der Waals surface area contributed by atoms with Crippen molar-refractivity contribution < 1.29 is 9.53 Å². The van der Waals surface area contributed by atoms with Crippen LogP contribution in [-0.2, 0) is 9.53 Å². The third-order valence-electron chi connectivity index (χ3n) is 4.59. The maximum Gasteiger partial charge on any atom is 0.192 e. The molecule has 7 heteroatoms. The molecule has 0 aromatic rings. The van der Waals surface area contributed by atoms with E-state index in [1.807, 2.05) is 13.8 Å². The Bertz CT molecular complexity index is 502. The van der Waals surface area contributed by atoms with Crippen LogP contribution in [0.15, 0.2) is 0 Å². The minimum atomic E-state index is -0.557. The highest BCUT2D eigenvalue weighted by atomic mass is 32.7. The minimum absolute atomic E-state index is 0.0292. The molecular formula is C24H51N2O2PS2. The highest BCUT2D eigenvalue weighted by Crippen LogP contribution is 2.63. The summed E-state index contributed by atoms with van der Waals surface area (Å²) in [5.41, 5.74) is 0. The maximum atomic E-state index is 12.2. The fourth-order valence-electron chi connectivity index (χ4n) is 3.41. The van der Waals surface area contributed by atoms with Gasteiger partial charge in [-0.05, 0) is 83.1 Å². The topological polar surface area (TPSA) is 32.8 Å². The van der Waals surface area contributed by atoms with Crippen LogP contribution in [0.25, 0.3) is 0 Å². The Morgan fingerprint density at radius 2 is 1.10 bits per heavy atom. The van der Waals surface area contributed by atoms with Crippen LogP contribution in [0.4, 0.5) is 0 Å². The lowest BCUT2D eigenvalue weighted by Gasteiger charge is -2.48. The molecule has 0 bridgehead atoms. The quantitative estimate of drug-likeness (QED) is 0.230. The number of rotatable bonds is 14. The molecule has 0 fully saturated rings. The molecule has 0 saturated carbocycles. The van der Waals surface area contributed by atoms with Gasteiger partial charge in [0.05, 0.1) is 13.2 Å².